The van der Waals surface area contributed by atoms with Crippen molar-refractivity contribution in [2.75, 3.05) is 0 Å². The lowest BCUT2D eigenvalue weighted by molar-refractivity contribution is 0.153. The molecule has 2 rings (SSSR count). The Morgan fingerprint density at radius 1 is 1.21 bits per heavy atom. The summed E-state index contributed by atoms with van der Waals surface area (Å²) in [6.07, 6.45) is -2.38. The van der Waals surface area contributed by atoms with E-state index in [0.717, 1.165) is 21.2 Å². The lowest BCUT2D eigenvalue weighted by Crippen LogP contribution is -1.86. The zero-order valence-electron chi connectivity index (χ0n) is 7.97. The fourth-order valence-electron chi connectivity index (χ4n) is 1.60. The monoisotopic (exact) mass is 212 g/mol. The Morgan fingerprint density at radius 2 is 1.93 bits per heavy atom. The number of alkyl halides is 2. The molecule has 0 aliphatic carbocycles. The van der Waals surface area contributed by atoms with Crippen LogP contribution in [-0.4, -0.2) is 0 Å². The molecule has 0 aliphatic heterocycles. The smallest absolute Gasteiger partial charge is 0.205 e. The fourth-order valence-corrected chi connectivity index (χ4v) is 2.65. The summed E-state index contributed by atoms with van der Waals surface area (Å²) in [5, 5.41) is 2.89. The van der Waals surface area contributed by atoms with E-state index >= 15 is 0 Å². The van der Waals surface area contributed by atoms with Crippen molar-refractivity contribution in [1.82, 2.24) is 0 Å². The summed E-state index contributed by atoms with van der Waals surface area (Å²) in [7, 11) is 0. The van der Waals surface area contributed by atoms with Crippen LogP contribution in [0.25, 0.3) is 10.1 Å². The Labute approximate surface area is 85.2 Å². The molecule has 2 aromatic rings. The van der Waals surface area contributed by atoms with Crippen LogP contribution in [0.1, 0.15) is 23.1 Å². The van der Waals surface area contributed by atoms with E-state index in [4.69, 9.17) is 0 Å². The van der Waals surface area contributed by atoms with Gasteiger partial charge in [-0.3, -0.25) is 0 Å². The van der Waals surface area contributed by atoms with Crippen LogP contribution in [0.4, 0.5) is 8.78 Å². The maximum atomic E-state index is 12.7. The van der Waals surface area contributed by atoms with Gasteiger partial charge in [0.1, 0.15) is 0 Å². The first-order valence-corrected chi connectivity index (χ1v) is 5.24. The number of aryl methyl sites for hydroxylation is 2. The van der Waals surface area contributed by atoms with Crippen LogP contribution in [0.2, 0.25) is 0 Å². The molecule has 0 atom stereocenters. The van der Waals surface area contributed by atoms with E-state index in [-0.39, 0.29) is 5.56 Å². The summed E-state index contributed by atoms with van der Waals surface area (Å²) >= 11 is 1.40. The van der Waals surface area contributed by atoms with Crippen molar-refractivity contribution in [3.63, 3.8) is 0 Å². The van der Waals surface area contributed by atoms with Gasteiger partial charge >= 0.3 is 0 Å². The molecule has 0 saturated carbocycles. The first-order chi connectivity index (χ1) is 6.59. The molecule has 0 nitrogen and oxygen atoms in total. The fraction of sp³-hybridized carbons (Fsp3) is 0.273. The van der Waals surface area contributed by atoms with E-state index in [9.17, 15) is 8.78 Å². The third kappa shape index (κ3) is 1.42. The molecule has 1 aromatic heterocycles. The van der Waals surface area contributed by atoms with Crippen LogP contribution in [0.15, 0.2) is 17.5 Å². The molecule has 1 heterocycles. The number of benzene rings is 1. The van der Waals surface area contributed by atoms with Crippen molar-refractivity contribution in [1.29, 1.82) is 0 Å². The number of thiophene rings is 1. The zero-order chi connectivity index (χ0) is 10.3. The SMILES string of the molecule is Cc1cc(C(F)F)c2scc(C)c2c1. The van der Waals surface area contributed by atoms with Crippen LogP contribution in [-0.2, 0) is 0 Å². The molecular weight excluding hydrogens is 202 g/mol. The van der Waals surface area contributed by atoms with Gasteiger partial charge in [-0.15, -0.1) is 11.3 Å². The van der Waals surface area contributed by atoms with Crippen LogP contribution < -0.4 is 0 Å². The number of hydrogen-bond donors (Lipinski definition) is 0. The molecule has 1 aromatic carbocycles. The van der Waals surface area contributed by atoms with E-state index in [1.54, 1.807) is 6.07 Å². The van der Waals surface area contributed by atoms with Crippen LogP contribution in [0.5, 0.6) is 0 Å². The van der Waals surface area contributed by atoms with Crippen LogP contribution in [0.3, 0.4) is 0 Å². The molecule has 0 radical (unpaired) electrons. The Bertz CT molecular complexity index is 471. The number of rotatable bonds is 1. The quantitative estimate of drug-likeness (QED) is 0.654. The summed E-state index contributed by atoms with van der Waals surface area (Å²) in [6.45, 7) is 3.80. The van der Waals surface area contributed by atoms with Crippen molar-refractivity contribution in [3.05, 3.63) is 34.2 Å². The average Bonchev–Trinajstić information content (AvgIpc) is 2.47. The third-order valence-electron chi connectivity index (χ3n) is 2.28. The summed E-state index contributed by atoms with van der Waals surface area (Å²) in [5.74, 6) is 0. The second-order valence-electron chi connectivity index (χ2n) is 3.45. The summed E-state index contributed by atoms with van der Waals surface area (Å²) in [4.78, 5) is 0. The van der Waals surface area contributed by atoms with Crippen molar-refractivity contribution in [3.8, 4) is 0 Å². The van der Waals surface area contributed by atoms with Crippen molar-refractivity contribution < 1.29 is 8.78 Å². The normalized spacial score (nSPS) is 11.5. The van der Waals surface area contributed by atoms with Gasteiger partial charge in [0.25, 0.3) is 6.43 Å². The molecule has 0 amide bonds. The van der Waals surface area contributed by atoms with Gasteiger partial charge in [0.2, 0.25) is 0 Å². The standard InChI is InChI=1S/C11H10F2S/c1-6-3-8-7(2)5-14-10(8)9(4-6)11(12)13/h3-5,11H,1-2H3. The predicted molar refractivity (Wildman–Crippen MR) is 56.3 cm³/mol. The maximum Gasteiger partial charge on any atom is 0.265 e. The highest BCUT2D eigenvalue weighted by atomic mass is 32.1. The highest BCUT2D eigenvalue weighted by Gasteiger charge is 2.14. The predicted octanol–water partition coefficient (Wildman–Crippen LogP) is 4.46. The van der Waals surface area contributed by atoms with Crippen LogP contribution >= 0.6 is 11.3 Å². The minimum Gasteiger partial charge on any atom is -0.205 e. The maximum absolute atomic E-state index is 12.7. The molecule has 0 aliphatic rings. The van der Waals surface area contributed by atoms with Crippen molar-refractivity contribution in [2.24, 2.45) is 0 Å². The molecule has 14 heavy (non-hydrogen) atoms. The Morgan fingerprint density at radius 3 is 2.57 bits per heavy atom. The first kappa shape index (κ1) is 9.59. The highest BCUT2D eigenvalue weighted by Crippen LogP contribution is 2.34. The minimum absolute atomic E-state index is 0.165. The van der Waals surface area contributed by atoms with Gasteiger partial charge in [-0.2, -0.15) is 0 Å². The molecule has 0 fully saturated rings. The van der Waals surface area contributed by atoms with Gasteiger partial charge in [0.05, 0.1) is 0 Å². The lowest BCUT2D eigenvalue weighted by Gasteiger charge is -2.03. The van der Waals surface area contributed by atoms with E-state index in [0.29, 0.717) is 0 Å². The molecule has 3 heteroatoms. The van der Waals surface area contributed by atoms with Gasteiger partial charge in [-0.05, 0) is 41.8 Å². The lowest BCUT2D eigenvalue weighted by atomic mass is 10.1. The molecule has 0 saturated heterocycles. The molecule has 0 unspecified atom stereocenters. The van der Waals surface area contributed by atoms with E-state index in [1.807, 2.05) is 25.3 Å². The van der Waals surface area contributed by atoms with Gasteiger partial charge in [0.15, 0.2) is 0 Å². The number of halogens is 2. The van der Waals surface area contributed by atoms with E-state index in [2.05, 4.69) is 0 Å². The van der Waals surface area contributed by atoms with E-state index in [1.165, 1.54) is 11.3 Å². The first-order valence-electron chi connectivity index (χ1n) is 4.36. The molecule has 74 valence electrons. The van der Waals surface area contributed by atoms with Crippen LogP contribution in [0, 0.1) is 13.8 Å². The number of hydrogen-bond acceptors (Lipinski definition) is 1. The van der Waals surface area contributed by atoms with Gasteiger partial charge in [-0.25, -0.2) is 8.78 Å². The summed E-state index contributed by atoms with van der Waals surface area (Å²) in [6, 6.07) is 3.54. The molecule has 0 N–H and O–H groups in total. The zero-order valence-corrected chi connectivity index (χ0v) is 8.79. The van der Waals surface area contributed by atoms with E-state index < -0.39 is 6.43 Å². The van der Waals surface area contributed by atoms with Gasteiger partial charge in [0, 0.05) is 10.3 Å². The molecular formula is C11H10F2S. The average molecular weight is 212 g/mol. The Balaban J connectivity index is 2.82. The minimum atomic E-state index is -2.38. The van der Waals surface area contributed by atoms with Gasteiger partial charge in [-0.1, -0.05) is 6.07 Å². The van der Waals surface area contributed by atoms with Crippen molar-refractivity contribution in [2.45, 2.75) is 20.3 Å². The second kappa shape index (κ2) is 3.31. The summed E-state index contributed by atoms with van der Waals surface area (Å²) < 4.78 is 26.1. The third-order valence-corrected chi connectivity index (χ3v) is 3.44. The molecule has 0 bridgehead atoms. The highest BCUT2D eigenvalue weighted by molar-refractivity contribution is 7.17. The topological polar surface area (TPSA) is 0 Å². The Kier molecular flexibility index (Phi) is 2.27. The summed E-state index contributed by atoms with van der Waals surface area (Å²) in [5.41, 5.74) is 2.14. The Hall–Kier alpha value is -0.960. The second-order valence-corrected chi connectivity index (χ2v) is 4.33. The molecule has 0 spiro atoms. The largest absolute Gasteiger partial charge is 0.265 e. The van der Waals surface area contributed by atoms with Gasteiger partial charge < -0.3 is 0 Å². The number of fused-ring (bicyclic) bond motifs is 1. The van der Waals surface area contributed by atoms with Crippen molar-refractivity contribution >= 4 is 21.4 Å².